The van der Waals surface area contributed by atoms with Crippen molar-refractivity contribution < 1.29 is 146 Å². The maximum Gasteiger partial charge on any atom is 2.00 e. The molecule has 0 spiro atoms. The van der Waals surface area contributed by atoms with Crippen molar-refractivity contribution in [3.63, 3.8) is 0 Å². The summed E-state index contributed by atoms with van der Waals surface area (Å²) in [5.41, 5.74) is -37.2. The van der Waals surface area contributed by atoms with Crippen LogP contribution in [-0.2, 0) is 76.9 Å². The summed E-state index contributed by atoms with van der Waals surface area (Å²) >= 11 is 0. The molecule has 0 atom stereocenters. The van der Waals surface area contributed by atoms with Gasteiger partial charge in [0.2, 0.25) is 0 Å². The van der Waals surface area contributed by atoms with E-state index in [1.807, 2.05) is 0 Å². The average molecular weight is 899 g/mol. The smallest absolute Gasteiger partial charge is 0.421 e. The van der Waals surface area contributed by atoms with Gasteiger partial charge in [-0.25, -0.2) is 50.5 Å². The van der Waals surface area contributed by atoms with E-state index in [9.17, 15) is 130 Å². The third-order valence-corrected chi connectivity index (χ3v) is 10.6. The molecule has 0 aromatic carbocycles. The third-order valence-electron chi connectivity index (χ3n) is 2.34. The zero-order valence-corrected chi connectivity index (χ0v) is 24.8. The molecule has 0 heterocycles. The summed E-state index contributed by atoms with van der Waals surface area (Å²) in [6, 6.07) is 0. The Bertz CT molecular complexity index is 1370. The monoisotopic (exact) mass is 899 g/mol. The molecular formula is C6CoF18N3O12S6-. The summed E-state index contributed by atoms with van der Waals surface area (Å²) in [7, 11) is -40.3. The average Bonchev–Trinajstić information content (AvgIpc) is 2.61. The molecule has 0 rings (SSSR count). The van der Waals surface area contributed by atoms with Gasteiger partial charge in [-0.05, 0) is 0 Å². The van der Waals surface area contributed by atoms with E-state index in [1.54, 1.807) is 0 Å². The van der Waals surface area contributed by atoms with Crippen LogP contribution in [0.4, 0.5) is 79.0 Å². The van der Waals surface area contributed by atoms with Gasteiger partial charge < -0.3 is 12.4 Å². The van der Waals surface area contributed by atoms with Gasteiger partial charge in [0.05, 0.1) is 0 Å². The van der Waals surface area contributed by atoms with Crippen molar-refractivity contribution in [1.29, 1.82) is 0 Å². The van der Waals surface area contributed by atoms with E-state index < -0.39 is 93.2 Å². The number of rotatable bonds is 6. The molecule has 0 saturated heterocycles. The minimum absolute atomic E-state index is 0. The van der Waals surface area contributed by atoms with Crippen molar-refractivity contribution in [2.45, 2.75) is 33.0 Å². The summed E-state index contributed by atoms with van der Waals surface area (Å²) in [6.07, 6.45) is 0. The predicted molar refractivity (Wildman–Crippen MR) is 99.9 cm³/mol. The van der Waals surface area contributed by atoms with Gasteiger partial charge >= 0.3 is 49.8 Å². The topological polar surface area (TPSA) is 247 Å². The van der Waals surface area contributed by atoms with Crippen LogP contribution < -0.4 is 0 Å². The molecule has 1 radical (unpaired) electrons. The number of nitrogens with zero attached hydrogens (tertiary/aromatic N) is 3. The van der Waals surface area contributed by atoms with Crippen LogP contribution in [0.3, 0.4) is 0 Å². The standard InChI is InChI=1S/3C2F6NO4S2.Co/c3*3-1(4,5)14(10,11)9-15(12,13)2(6,7)8;/q3*-1;+2. The van der Waals surface area contributed by atoms with E-state index in [4.69, 9.17) is 0 Å². The van der Waals surface area contributed by atoms with Crippen LogP contribution in [0.1, 0.15) is 0 Å². The Kier molecular flexibility index (Phi) is 16.6. The third kappa shape index (κ3) is 14.9. The first-order chi connectivity index (χ1) is 18.6. The minimum Gasteiger partial charge on any atom is -0.421 e. The van der Waals surface area contributed by atoms with Crippen LogP contribution >= 0.6 is 0 Å². The van der Waals surface area contributed by atoms with Crippen molar-refractivity contribution in [3.8, 4) is 0 Å². The molecule has 0 N–H and O–H groups in total. The van der Waals surface area contributed by atoms with E-state index in [1.165, 1.54) is 0 Å². The molecule has 46 heavy (non-hydrogen) atoms. The van der Waals surface area contributed by atoms with Crippen molar-refractivity contribution in [3.05, 3.63) is 12.4 Å². The van der Waals surface area contributed by atoms with Crippen LogP contribution in [-0.4, -0.2) is 83.6 Å². The molecule has 15 nitrogen and oxygen atoms in total. The predicted octanol–water partition coefficient (Wildman–Crippen LogP) is 3.18. The zero-order chi connectivity index (χ0) is 38.1. The van der Waals surface area contributed by atoms with Gasteiger partial charge in [0.25, 0.3) is 0 Å². The van der Waals surface area contributed by atoms with E-state index in [2.05, 4.69) is 0 Å². The van der Waals surface area contributed by atoms with Crippen molar-refractivity contribution in [2.75, 3.05) is 0 Å². The van der Waals surface area contributed by atoms with Gasteiger partial charge in [-0.1, -0.05) is 0 Å². The summed E-state index contributed by atoms with van der Waals surface area (Å²) in [6.45, 7) is 0. The fourth-order valence-electron chi connectivity index (χ4n) is 0.641. The molecule has 0 bridgehead atoms. The fraction of sp³-hybridized carbons (Fsp3) is 1.00. The Labute approximate surface area is 251 Å². The molecule has 0 aromatic heterocycles. The van der Waals surface area contributed by atoms with E-state index in [0.29, 0.717) is 0 Å². The molecule has 0 fully saturated rings. The second-order valence-electron chi connectivity index (χ2n) is 5.75. The second kappa shape index (κ2) is 14.7. The van der Waals surface area contributed by atoms with Crippen LogP contribution in [0.2, 0.25) is 0 Å². The SMILES string of the molecule is O=S(=O)([N-]S(=O)(=O)C(F)(F)F)C(F)(F)F.O=S(=O)([N-]S(=O)(=O)C(F)(F)F)C(F)(F)F.O=S(=O)([N-]S(=O)(=O)C(F)(F)F)C(F)(F)F.[Co+2]. The van der Waals surface area contributed by atoms with Crippen molar-refractivity contribution in [1.82, 2.24) is 0 Å². The molecule has 283 valence electrons. The first-order valence-corrected chi connectivity index (χ1v) is 16.4. The van der Waals surface area contributed by atoms with E-state index in [-0.39, 0.29) is 16.8 Å². The van der Waals surface area contributed by atoms with Crippen LogP contribution in [0.5, 0.6) is 0 Å². The number of alkyl halides is 18. The van der Waals surface area contributed by atoms with Crippen LogP contribution in [0, 0.1) is 0 Å². The summed E-state index contributed by atoms with van der Waals surface area (Å²) in [4.78, 5) is 0. The number of halogens is 18. The zero-order valence-electron chi connectivity index (χ0n) is 18.8. The molecule has 0 saturated carbocycles. The maximum absolute atomic E-state index is 11.4. The van der Waals surface area contributed by atoms with Gasteiger partial charge in [-0.2, -0.15) is 79.0 Å². The molecule has 0 aliphatic heterocycles. The van der Waals surface area contributed by atoms with Crippen LogP contribution in [0.15, 0.2) is 0 Å². The van der Waals surface area contributed by atoms with E-state index in [0.717, 1.165) is 12.4 Å². The largest absolute Gasteiger partial charge is 2.00 e. The second-order valence-corrected chi connectivity index (χ2v) is 16.0. The first-order valence-electron chi connectivity index (χ1n) is 7.72. The van der Waals surface area contributed by atoms with Gasteiger partial charge in [-0.3, -0.25) is 0 Å². The Hall–Kier alpha value is -1.17. The summed E-state index contributed by atoms with van der Waals surface area (Å²) < 4.78 is 328. The van der Waals surface area contributed by atoms with E-state index >= 15 is 0 Å². The molecular weight excluding hydrogens is 899 g/mol. The summed E-state index contributed by atoms with van der Waals surface area (Å²) in [5, 5.41) is 0. The summed E-state index contributed by atoms with van der Waals surface area (Å²) in [5.74, 6) is 0. The van der Waals surface area contributed by atoms with Gasteiger partial charge in [0.1, 0.15) is 0 Å². The Morgan fingerprint density at radius 3 is 0.348 bits per heavy atom. The Morgan fingerprint density at radius 1 is 0.239 bits per heavy atom. The van der Waals surface area contributed by atoms with Crippen molar-refractivity contribution in [2.24, 2.45) is 0 Å². The molecule has 0 aliphatic carbocycles. The molecule has 0 amide bonds. The number of sulfonamides is 6. The Morgan fingerprint density at radius 2 is 0.304 bits per heavy atom. The first kappa shape index (κ1) is 51.7. The van der Waals surface area contributed by atoms with Gasteiger partial charge in [-0.15, -0.1) is 0 Å². The van der Waals surface area contributed by atoms with Gasteiger partial charge in [0.15, 0.2) is 60.1 Å². The molecule has 0 aromatic rings. The normalized spacial score (nSPS) is 15.0. The molecule has 0 aliphatic rings. The van der Waals surface area contributed by atoms with Crippen molar-refractivity contribution >= 4 is 60.1 Å². The maximum atomic E-state index is 11.4. The molecule has 40 heteroatoms. The fourth-order valence-corrected chi connectivity index (χ4v) is 5.77. The number of hydrogen-bond donors (Lipinski definition) is 0. The quantitative estimate of drug-likeness (QED) is 0.349. The Balaban J connectivity index is -0.000000285. The minimum atomic E-state index is -6.72. The van der Waals surface area contributed by atoms with Gasteiger partial charge in [0, 0.05) is 0 Å². The number of hydrogen-bond acceptors (Lipinski definition) is 12. The van der Waals surface area contributed by atoms with Crippen LogP contribution in [0.25, 0.3) is 12.4 Å². The molecule has 0 unspecified atom stereocenters.